The second-order valence-electron chi connectivity index (χ2n) is 12.7. The smallest absolute Gasteiger partial charge is 0.337 e. The number of esters is 2. The Kier molecular flexibility index (Phi) is 9.22. The first kappa shape index (κ1) is 33.0. The molecule has 0 fully saturated rings. The third-order valence-electron chi connectivity index (χ3n) is 6.80. The zero-order valence-electron chi connectivity index (χ0n) is 27.2. The fraction of sp³-hybridized carbons (Fsp3) is 0.382. The molecule has 2 aromatic carbocycles. The lowest BCUT2D eigenvalue weighted by molar-refractivity contribution is -0.385. The van der Waals surface area contributed by atoms with Crippen molar-refractivity contribution in [3.63, 3.8) is 0 Å². The van der Waals surface area contributed by atoms with E-state index >= 15 is 0 Å². The molecule has 0 saturated heterocycles. The minimum Gasteiger partial charge on any atom is -0.487 e. The molecule has 0 unspecified atom stereocenters. The Labute approximate surface area is 263 Å². The number of ether oxygens (including phenoxy) is 3. The summed E-state index contributed by atoms with van der Waals surface area (Å²) in [6, 6.07) is 13.9. The molecule has 3 aromatic rings. The minimum atomic E-state index is -0.992. The molecule has 1 aliphatic heterocycles. The predicted octanol–water partition coefficient (Wildman–Crippen LogP) is 6.76. The van der Waals surface area contributed by atoms with Gasteiger partial charge in [0.05, 0.1) is 40.0 Å². The monoisotopic (exact) mass is 616 g/mol. The van der Waals surface area contributed by atoms with Crippen LogP contribution in [0.5, 0.6) is 5.75 Å². The summed E-state index contributed by atoms with van der Waals surface area (Å²) < 4.78 is 18.8. The summed E-state index contributed by atoms with van der Waals surface area (Å²) in [4.78, 5) is 39.4. The summed E-state index contributed by atoms with van der Waals surface area (Å²) in [6.07, 6.45) is 1.73. The van der Waals surface area contributed by atoms with Crippen molar-refractivity contribution in [2.45, 2.75) is 79.4 Å². The molecule has 45 heavy (non-hydrogen) atoms. The van der Waals surface area contributed by atoms with Gasteiger partial charge in [0.1, 0.15) is 11.2 Å². The van der Waals surface area contributed by atoms with E-state index in [0.29, 0.717) is 33.9 Å². The van der Waals surface area contributed by atoms with Crippen LogP contribution < -0.4 is 10.1 Å². The lowest BCUT2D eigenvalue weighted by atomic mass is 9.79. The summed E-state index contributed by atoms with van der Waals surface area (Å²) in [7, 11) is 0. The van der Waals surface area contributed by atoms with Crippen molar-refractivity contribution in [2.75, 3.05) is 6.61 Å². The van der Waals surface area contributed by atoms with Crippen molar-refractivity contribution in [3.05, 3.63) is 92.9 Å². The van der Waals surface area contributed by atoms with Gasteiger partial charge in [0.25, 0.3) is 0 Å². The fourth-order valence-electron chi connectivity index (χ4n) is 5.13. The zero-order valence-corrected chi connectivity index (χ0v) is 27.2. The standard InChI is InChI=1S/C34H40N4O7/c1-10-43-26-17-16-22(18-25(26)38(41)42)30-24(19-37(36-30)23-14-12-11-13-15-23)29-27(31(39)44-33(4,5)6)20(2)35-21(3)28(29)32(40)45-34(7,8)9/h11-19,29,35H,10H2,1-9H3. The summed E-state index contributed by atoms with van der Waals surface area (Å²) in [6.45, 7) is 16.1. The third-order valence-corrected chi connectivity index (χ3v) is 6.80. The van der Waals surface area contributed by atoms with E-state index in [-0.39, 0.29) is 29.2 Å². The number of allylic oxidation sites excluding steroid dienone is 2. The Morgan fingerprint density at radius 1 is 0.933 bits per heavy atom. The topological polar surface area (TPSA) is 135 Å². The molecule has 11 nitrogen and oxygen atoms in total. The molecule has 2 heterocycles. The number of hydrogen-bond donors (Lipinski definition) is 1. The van der Waals surface area contributed by atoms with Crippen molar-refractivity contribution >= 4 is 17.6 Å². The number of nitrogens with one attached hydrogen (secondary N) is 1. The fourth-order valence-corrected chi connectivity index (χ4v) is 5.13. The van der Waals surface area contributed by atoms with Crippen LogP contribution in [0.2, 0.25) is 0 Å². The largest absolute Gasteiger partial charge is 0.487 e. The van der Waals surface area contributed by atoms with Crippen LogP contribution in [0.4, 0.5) is 5.69 Å². The van der Waals surface area contributed by atoms with E-state index in [1.165, 1.54) is 12.1 Å². The number of hydrogen-bond acceptors (Lipinski definition) is 9. The van der Waals surface area contributed by atoms with E-state index in [0.717, 1.165) is 0 Å². The number of nitro benzene ring substituents is 1. The van der Waals surface area contributed by atoms with E-state index in [9.17, 15) is 19.7 Å². The number of rotatable bonds is 8. The summed E-state index contributed by atoms with van der Waals surface area (Å²) in [5, 5.41) is 20.1. The maximum absolute atomic E-state index is 13.9. The number of benzene rings is 2. The first-order chi connectivity index (χ1) is 21.0. The van der Waals surface area contributed by atoms with E-state index in [2.05, 4.69) is 5.32 Å². The third kappa shape index (κ3) is 7.42. The van der Waals surface area contributed by atoms with Crippen LogP contribution in [-0.4, -0.2) is 44.5 Å². The molecule has 1 aromatic heterocycles. The molecule has 0 aliphatic carbocycles. The van der Waals surface area contributed by atoms with Crippen LogP contribution in [0.15, 0.2) is 77.3 Å². The molecule has 4 rings (SSSR count). The molecule has 0 radical (unpaired) electrons. The zero-order chi connectivity index (χ0) is 33.3. The Bertz CT molecular complexity index is 1640. The molecule has 0 spiro atoms. The molecular weight excluding hydrogens is 576 g/mol. The normalized spacial score (nSPS) is 14.2. The molecular formula is C34H40N4O7. The molecule has 11 heteroatoms. The highest BCUT2D eigenvalue weighted by Crippen LogP contribution is 2.45. The lowest BCUT2D eigenvalue weighted by Crippen LogP contribution is -2.36. The maximum atomic E-state index is 13.9. The van der Waals surface area contributed by atoms with Gasteiger partial charge in [-0.25, -0.2) is 14.3 Å². The number of dihydropyridines is 1. The second-order valence-corrected chi connectivity index (χ2v) is 12.7. The van der Waals surface area contributed by atoms with Gasteiger partial charge in [-0.3, -0.25) is 10.1 Å². The molecule has 1 aliphatic rings. The lowest BCUT2D eigenvalue weighted by Gasteiger charge is -2.33. The highest BCUT2D eigenvalue weighted by Gasteiger charge is 2.42. The minimum absolute atomic E-state index is 0.118. The average molecular weight is 617 g/mol. The van der Waals surface area contributed by atoms with Gasteiger partial charge in [0, 0.05) is 34.8 Å². The quantitative estimate of drug-likeness (QED) is 0.165. The van der Waals surface area contributed by atoms with Crippen LogP contribution in [0.1, 0.15) is 73.8 Å². The molecule has 0 amide bonds. The van der Waals surface area contributed by atoms with Gasteiger partial charge in [-0.2, -0.15) is 5.10 Å². The molecule has 0 bridgehead atoms. The van der Waals surface area contributed by atoms with Crippen molar-refractivity contribution in [1.82, 2.24) is 15.1 Å². The average Bonchev–Trinajstić information content (AvgIpc) is 3.36. The van der Waals surface area contributed by atoms with Crippen LogP contribution in [-0.2, 0) is 19.1 Å². The SMILES string of the molecule is CCOc1ccc(-c2nn(-c3ccccc3)cc2C2C(C(=O)OC(C)(C)C)=C(C)NC(C)=C2C(=O)OC(C)(C)C)cc1[N+](=O)[O-]. The number of nitrogens with zero attached hydrogens (tertiary/aromatic N) is 3. The molecule has 0 saturated carbocycles. The van der Waals surface area contributed by atoms with Crippen LogP contribution in [0.3, 0.4) is 0 Å². The Hall–Kier alpha value is -4.93. The van der Waals surface area contributed by atoms with Crippen molar-refractivity contribution in [2.24, 2.45) is 0 Å². The highest BCUT2D eigenvalue weighted by atomic mass is 16.6. The molecule has 1 N–H and O–H groups in total. The number of nitro groups is 1. The van der Waals surface area contributed by atoms with Gasteiger partial charge in [0.2, 0.25) is 0 Å². The maximum Gasteiger partial charge on any atom is 0.337 e. The summed E-state index contributed by atoms with van der Waals surface area (Å²) >= 11 is 0. The van der Waals surface area contributed by atoms with E-state index in [4.69, 9.17) is 19.3 Å². The van der Waals surface area contributed by atoms with Gasteiger partial charge in [-0.1, -0.05) is 18.2 Å². The second kappa shape index (κ2) is 12.6. The van der Waals surface area contributed by atoms with Crippen molar-refractivity contribution in [3.8, 4) is 22.7 Å². The first-order valence-corrected chi connectivity index (χ1v) is 14.7. The molecule has 0 atom stereocenters. The van der Waals surface area contributed by atoms with Crippen molar-refractivity contribution < 1.29 is 28.7 Å². The highest BCUT2D eigenvalue weighted by molar-refractivity contribution is 6.00. The number of carbonyl (C=O) groups is 2. The molecule has 238 valence electrons. The van der Waals surface area contributed by atoms with Crippen LogP contribution in [0.25, 0.3) is 16.9 Å². The van der Waals surface area contributed by atoms with Crippen LogP contribution >= 0.6 is 0 Å². The van der Waals surface area contributed by atoms with Gasteiger partial charge in [-0.15, -0.1) is 0 Å². The van der Waals surface area contributed by atoms with E-state index < -0.39 is 34.0 Å². The van der Waals surface area contributed by atoms with Gasteiger partial charge < -0.3 is 19.5 Å². The number of aromatic nitrogens is 2. The first-order valence-electron chi connectivity index (χ1n) is 14.7. The Balaban J connectivity index is 2.06. The summed E-state index contributed by atoms with van der Waals surface area (Å²) in [5.74, 6) is -2.12. The van der Waals surface area contributed by atoms with Crippen LogP contribution in [0, 0.1) is 10.1 Å². The van der Waals surface area contributed by atoms with Gasteiger partial charge in [0.15, 0.2) is 5.75 Å². The predicted molar refractivity (Wildman–Crippen MR) is 170 cm³/mol. The van der Waals surface area contributed by atoms with Crippen molar-refractivity contribution in [1.29, 1.82) is 0 Å². The number of carbonyl (C=O) groups excluding carboxylic acids is 2. The summed E-state index contributed by atoms with van der Waals surface area (Å²) in [5.41, 5.74) is 1.39. The Morgan fingerprint density at radius 2 is 1.49 bits per heavy atom. The Morgan fingerprint density at radius 3 is 1.98 bits per heavy atom. The van der Waals surface area contributed by atoms with Gasteiger partial charge in [-0.05, 0) is 86.6 Å². The number of para-hydroxylation sites is 1. The van der Waals surface area contributed by atoms with E-state index in [1.54, 1.807) is 79.3 Å². The van der Waals surface area contributed by atoms with Gasteiger partial charge >= 0.3 is 17.6 Å². The van der Waals surface area contributed by atoms with E-state index in [1.807, 2.05) is 30.3 Å².